The summed E-state index contributed by atoms with van der Waals surface area (Å²) in [5, 5.41) is 7.25. The second-order valence-electron chi connectivity index (χ2n) is 4.07. The first kappa shape index (κ1) is 13.6. The first-order valence-corrected chi connectivity index (χ1v) is 6.28. The van der Waals surface area contributed by atoms with Crippen molar-refractivity contribution in [1.29, 1.82) is 5.41 Å². The molecule has 0 radical (unpaired) electrons. The molecule has 0 aromatic heterocycles. The fourth-order valence-corrected chi connectivity index (χ4v) is 2.58. The standard InChI is InChI=1S/C10H14FN3O2S/c1-10(2,9(12)13)14-17(15,16)8-6-4-3-5-7(8)11/h3-6,14H,1-2H3,(H3,12,13). The van der Waals surface area contributed by atoms with E-state index in [1.54, 1.807) is 0 Å². The van der Waals surface area contributed by atoms with Crippen LogP contribution in [0, 0.1) is 11.2 Å². The molecule has 1 aromatic carbocycles. The quantitative estimate of drug-likeness (QED) is 0.551. The molecule has 5 nitrogen and oxygen atoms in total. The van der Waals surface area contributed by atoms with Crippen molar-refractivity contribution in [3.63, 3.8) is 0 Å². The highest BCUT2D eigenvalue weighted by molar-refractivity contribution is 7.89. The van der Waals surface area contributed by atoms with Crippen LogP contribution in [-0.2, 0) is 10.0 Å². The number of sulfonamides is 1. The lowest BCUT2D eigenvalue weighted by atomic mass is 10.1. The van der Waals surface area contributed by atoms with Crippen molar-refractivity contribution in [1.82, 2.24) is 4.72 Å². The molecule has 1 aromatic rings. The van der Waals surface area contributed by atoms with E-state index in [9.17, 15) is 12.8 Å². The minimum atomic E-state index is -4.04. The Hall–Kier alpha value is -1.47. The lowest BCUT2D eigenvalue weighted by Crippen LogP contribution is -2.52. The summed E-state index contributed by atoms with van der Waals surface area (Å²) in [6.07, 6.45) is 0. The molecular formula is C10H14FN3O2S. The van der Waals surface area contributed by atoms with Gasteiger partial charge in [0.25, 0.3) is 0 Å². The monoisotopic (exact) mass is 259 g/mol. The predicted molar refractivity (Wildman–Crippen MR) is 62.7 cm³/mol. The summed E-state index contributed by atoms with van der Waals surface area (Å²) in [6, 6.07) is 5.01. The fraction of sp³-hybridized carbons (Fsp3) is 0.300. The van der Waals surface area contributed by atoms with E-state index >= 15 is 0 Å². The van der Waals surface area contributed by atoms with Crippen molar-refractivity contribution in [2.75, 3.05) is 0 Å². The minimum Gasteiger partial charge on any atom is -0.386 e. The maximum Gasteiger partial charge on any atom is 0.244 e. The Kier molecular flexibility index (Phi) is 3.53. The summed E-state index contributed by atoms with van der Waals surface area (Å²) in [5.74, 6) is -1.20. The van der Waals surface area contributed by atoms with E-state index in [1.807, 2.05) is 0 Å². The highest BCUT2D eigenvalue weighted by Crippen LogP contribution is 2.16. The van der Waals surface area contributed by atoms with Crippen LogP contribution in [0.2, 0.25) is 0 Å². The van der Waals surface area contributed by atoms with E-state index in [1.165, 1.54) is 26.0 Å². The van der Waals surface area contributed by atoms with Crippen LogP contribution in [0.15, 0.2) is 29.2 Å². The van der Waals surface area contributed by atoms with Crippen molar-refractivity contribution in [2.24, 2.45) is 5.73 Å². The van der Waals surface area contributed by atoms with Gasteiger partial charge in [-0.2, -0.15) is 4.72 Å². The number of nitrogens with two attached hydrogens (primary N) is 1. The van der Waals surface area contributed by atoms with Crippen LogP contribution in [0.3, 0.4) is 0 Å². The number of rotatable bonds is 4. The largest absolute Gasteiger partial charge is 0.386 e. The molecular weight excluding hydrogens is 245 g/mol. The molecule has 0 aliphatic heterocycles. The molecule has 0 saturated carbocycles. The third-order valence-electron chi connectivity index (χ3n) is 2.19. The van der Waals surface area contributed by atoms with Gasteiger partial charge in [0, 0.05) is 0 Å². The molecule has 0 saturated heterocycles. The lowest BCUT2D eigenvalue weighted by molar-refractivity contribution is 0.529. The summed E-state index contributed by atoms with van der Waals surface area (Å²) in [7, 11) is -4.04. The zero-order chi connectivity index (χ0) is 13.3. The molecule has 0 aliphatic rings. The molecule has 7 heteroatoms. The molecule has 0 unspecified atom stereocenters. The average molecular weight is 259 g/mol. The van der Waals surface area contributed by atoms with Crippen LogP contribution in [-0.4, -0.2) is 19.8 Å². The molecule has 0 bridgehead atoms. The van der Waals surface area contributed by atoms with Crippen molar-refractivity contribution >= 4 is 15.9 Å². The van der Waals surface area contributed by atoms with E-state index in [4.69, 9.17) is 11.1 Å². The molecule has 1 rings (SSSR count). The van der Waals surface area contributed by atoms with Crippen molar-refractivity contribution in [2.45, 2.75) is 24.3 Å². The Morgan fingerprint density at radius 3 is 2.41 bits per heavy atom. The van der Waals surface area contributed by atoms with Crippen LogP contribution < -0.4 is 10.5 Å². The molecule has 4 N–H and O–H groups in total. The highest BCUT2D eigenvalue weighted by atomic mass is 32.2. The number of amidine groups is 1. The number of benzene rings is 1. The van der Waals surface area contributed by atoms with Gasteiger partial charge in [-0.05, 0) is 26.0 Å². The van der Waals surface area contributed by atoms with Gasteiger partial charge in [-0.15, -0.1) is 0 Å². The number of hydrogen-bond donors (Lipinski definition) is 3. The van der Waals surface area contributed by atoms with E-state index in [0.717, 1.165) is 12.1 Å². The molecule has 0 heterocycles. The van der Waals surface area contributed by atoms with Gasteiger partial charge >= 0.3 is 0 Å². The molecule has 0 atom stereocenters. The maximum atomic E-state index is 13.4. The summed E-state index contributed by atoms with van der Waals surface area (Å²) in [5.41, 5.74) is 3.99. The van der Waals surface area contributed by atoms with Gasteiger partial charge in [0.05, 0.1) is 5.54 Å². The van der Waals surface area contributed by atoms with E-state index in [2.05, 4.69) is 4.72 Å². The van der Waals surface area contributed by atoms with Gasteiger partial charge in [-0.3, -0.25) is 5.41 Å². The van der Waals surface area contributed by atoms with Gasteiger partial charge in [0.1, 0.15) is 16.5 Å². The molecule has 0 aliphatic carbocycles. The molecule has 0 fully saturated rings. The highest BCUT2D eigenvalue weighted by Gasteiger charge is 2.30. The van der Waals surface area contributed by atoms with Crippen molar-refractivity contribution in [3.05, 3.63) is 30.1 Å². The van der Waals surface area contributed by atoms with Gasteiger partial charge in [0.15, 0.2) is 0 Å². The van der Waals surface area contributed by atoms with Crippen LogP contribution in [0.5, 0.6) is 0 Å². The normalized spacial score (nSPS) is 12.4. The Labute approximate surface area is 99.4 Å². The Morgan fingerprint density at radius 1 is 1.41 bits per heavy atom. The second kappa shape index (κ2) is 4.42. The number of halogens is 1. The lowest BCUT2D eigenvalue weighted by Gasteiger charge is -2.24. The van der Waals surface area contributed by atoms with Crippen molar-refractivity contribution in [3.8, 4) is 0 Å². The van der Waals surface area contributed by atoms with E-state index in [-0.39, 0.29) is 5.84 Å². The fourth-order valence-electron chi connectivity index (χ4n) is 1.11. The van der Waals surface area contributed by atoms with Gasteiger partial charge in [0.2, 0.25) is 10.0 Å². The zero-order valence-electron chi connectivity index (χ0n) is 9.49. The van der Waals surface area contributed by atoms with Crippen LogP contribution in [0.4, 0.5) is 4.39 Å². The summed E-state index contributed by atoms with van der Waals surface area (Å²) in [4.78, 5) is -0.464. The third kappa shape index (κ3) is 3.01. The van der Waals surface area contributed by atoms with Crippen LogP contribution >= 0.6 is 0 Å². The topological polar surface area (TPSA) is 96.0 Å². The second-order valence-corrected chi connectivity index (χ2v) is 5.73. The molecule has 94 valence electrons. The zero-order valence-corrected chi connectivity index (χ0v) is 10.3. The Bertz CT molecular complexity index is 540. The maximum absolute atomic E-state index is 13.4. The SMILES string of the molecule is CC(C)(NS(=O)(=O)c1ccccc1F)C(=N)N. The minimum absolute atomic E-state index is 0.350. The van der Waals surface area contributed by atoms with Gasteiger partial charge < -0.3 is 5.73 Å². The predicted octanol–water partition coefficient (Wildman–Crippen LogP) is 0.819. The van der Waals surface area contributed by atoms with E-state index < -0.39 is 26.3 Å². The summed E-state index contributed by atoms with van der Waals surface area (Å²) in [6.45, 7) is 2.85. The smallest absolute Gasteiger partial charge is 0.244 e. The average Bonchev–Trinajstić information content (AvgIpc) is 2.16. The van der Waals surface area contributed by atoms with Crippen molar-refractivity contribution < 1.29 is 12.8 Å². The van der Waals surface area contributed by atoms with Crippen LogP contribution in [0.25, 0.3) is 0 Å². The molecule has 0 spiro atoms. The Morgan fingerprint density at radius 2 is 1.94 bits per heavy atom. The summed E-state index contributed by atoms with van der Waals surface area (Å²) < 4.78 is 39.3. The first-order chi connectivity index (χ1) is 7.67. The van der Waals surface area contributed by atoms with Crippen LogP contribution in [0.1, 0.15) is 13.8 Å². The van der Waals surface area contributed by atoms with E-state index in [0.29, 0.717) is 0 Å². The van der Waals surface area contributed by atoms with Gasteiger partial charge in [-0.1, -0.05) is 12.1 Å². The number of hydrogen-bond acceptors (Lipinski definition) is 3. The van der Waals surface area contributed by atoms with Gasteiger partial charge in [-0.25, -0.2) is 12.8 Å². The first-order valence-electron chi connectivity index (χ1n) is 4.80. The Balaban J connectivity index is 3.15. The molecule has 0 amide bonds. The summed E-state index contributed by atoms with van der Waals surface area (Å²) >= 11 is 0. The molecule has 17 heavy (non-hydrogen) atoms. The third-order valence-corrected chi connectivity index (χ3v) is 3.88. The number of nitrogens with one attached hydrogen (secondary N) is 2.